The summed E-state index contributed by atoms with van der Waals surface area (Å²) in [6.45, 7) is 18.1. The first-order chi connectivity index (χ1) is 21.2. The van der Waals surface area contributed by atoms with Crippen LogP contribution < -0.4 is 0 Å². The summed E-state index contributed by atoms with van der Waals surface area (Å²) in [5.41, 5.74) is -1.61. The summed E-state index contributed by atoms with van der Waals surface area (Å²) in [7, 11) is 0. The van der Waals surface area contributed by atoms with Crippen LogP contribution >= 0.6 is 0 Å². The summed E-state index contributed by atoms with van der Waals surface area (Å²) in [5.74, 6) is -0.0592. The highest BCUT2D eigenvalue weighted by atomic mass is 16.7. The summed E-state index contributed by atoms with van der Waals surface area (Å²) in [5, 5.41) is 86.9. The van der Waals surface area contributed by atoms with Crippen LogP contribution in [0.2, 0.25) is 0 Å². The fourth-order valence-electron chi connectivity index (χ4n) is 12.0. The molecule has 0 radical (unpaired) electrons. The Kier molecular flexibility index (Phi) is 9.78. The molecule has 4 saturated carbocycles. The van der Waals surface area contributed by atoms with Gasteiger partial charge in [0, 0.05) is 0 Å². The van der Waals surface area contributed by atoms with Crippen LogP contribution in [0.5, 0.6) is 0 Å². The summed E-state index contributed by atoms with van der Waals surface area (Å²) < 4.78 is 12.5. The average molecular weight is 655 g/mol. The van der Waals surface area contributed by atoms with Gasteiger partial charge in [-0.3, -0.25) is 0 Å². The maximum Gasteiger partial charge on any atom is 0.187 e. The zero-order valence-corrected chi connectivity index (χ0v) is 29.0. The second-order valence-electron chi connectivity index (χ2n) is 17.5. The Morgan fingerprint density at radius 3 is 2.15 bits per heavy atom. The van der Waals surface area contributed by atoms with Crippen LogP contribution in [-0.2, 0) is 9.47 Å². The monoisotopic (exact) mass is 654 g/mol. The van der Waals surface area contributed by atoms with Gasteiger partial charge in [-0.25, -0.2) is 0 Å². The van der Waals surface area contributed by atoms with Crippen molar-refractivity contribution in [3.8, 4) is 0 Å². The van der Waals surface area contributed by atoms with Crippen molar-refractivity contribution in [1.82, 2.24) is 0 Å². The van der Waals surface area contributed by atoms with Crippen molar-refractivity contribution < 1.29 is 50.3 Å². The molecule has 0 amide bonds. The zero-order chi connectivity index (χ0) is 34.4. The molecule has 1 aliphatic heterocycles. The van der Waals surface area contributed by atoms with Crippen molar-refractivity contribution >= 4 is 0 Å². The maximum atomic E-state index is 12.2. The van der Waals surface area contributed by atoms with Gasteiger partial charge in [-0.15, -0.1) is 0 Å². The molecule has 8 N–H and O–H groups in total. The van der Waals surface area contributed by atoms with Crippen molar-refractivity contribution in [2.24, 2.45) is 45.3 Å². The maximum absolute atomic E-state index is 12.2. The second-order valence-corrected chi connectivity index (χ2v) is 17.5. The van der Waals surface area contributed by atoms with Gasteiger partial charge in [-0.2, -0.15) is 0 Å². The van der Waals surface area contributed by atoms with Crippen LogP contribution in [0.15, 0.2) is 12.2 Å². The van der Waals surface area contributed by atoms with Crippen LogP contribution in [0.4, 0.5) is 0 Å². The lowest BCUT2D eigenvalue weighted by atomic mass is 9.35. The van der Waals surface area contributed by atoms with Gasteiger partial charge in [0.2, 0.25) is 0 Å². The third kappa shape index (κ3) is 5.37. The Hall–Kier alpha value is -0.660. The molecule has 5 rings (SSSR count). The molecule has 5 aliphatic rings. The Morgan fingerprint density at radius 1 is 0.913 bits per heavy atom. The van der Waals surface area contributed by atoms with Crippen LogP contribution in [-0.4, -0.2) is 108 Å². The Bertz CT molecular complexity index is 1130. The summed E-state index contributed by atoms with van der Waals surface area (Å²) in [4.78, 5) is 0. The minimum atomic E-state index is -1.58. The minimum absolute atomic E-state index is 0.123. The summed E-state index contributed by atoms with van der Waals surface area (Å²) in [6, 6.07) is 0. The molecule has 10 nitrogen and oxygen atoms in total. The molecular formula is C36H62O10. The summed E-state index contributed by atoms with van der Waals surface area (Å²) in [6.07, 6.45) is -5.04. The smallest absolute Gasteiger partial charge is 0.187 e. The van der Waals surface area contributed by atoms with E-state index in [-0.39, 0.29) is 39.9 Å². The molecular weight excluding hydrogens is 592 g/mol. The van der Waals surface area contributed by atoms with Crippen molar-refractivity contribution in [3.05, 3.63) is 12.2 Å². The number of rotatable bonds is 8. The number of ether oxygens (including phenoxy) is 2. The standard InChI is InChI=1S/C36H62O10/c1-18(2)20(38)10-14-36(8,46-31-29(43)28(42)27(41)23(17-37)45-31)19-9-12-35(7)26(19)21(39)15-25-33(5)16-22(40)30(44)32(3,4)24(33)11-13-34(25,35)6/h19-31,37-44H,1,9-17H2,2-8H3/t19-,20-,21+,22+,23+,24-,25+,26-,27+,28-,29+,30-,31-,33-,34+,35+,36-/m0/s1. The molecule has 5 fully saturated rings. The van der Waals surface area contributed by atoms with Gasteiger partial charge in [0.25, 0.3) is 0 Å². The first-order valence-electron chi connectivity index (χ1n) is 17.6. The van der Waals surface area contributed by atoms with Crippen molar-refractivity contribution in [3.63, 3.8) is 0 Å². The predicted octanol–water partition coefficient (Wildman–Crippen LogP) is 2.27. The Balaban J connectivity index is 1.50. The molecule has 1 heterocycles. The van der Waals surface area contributed by atoms with Gasteiger partial charge >= 0.3 is 0 Å². The topological polar surface area (TPSA) is 180 Å². The molecule has 0 aromatic heterocycles. The van der Waals surface area contributed by atoms with E-state index in [1.165, 1.54) is 0 Å². The molecule has 1 saturated heterocycles. The Morgan fingerprint density at radius 2 is 1.54 bits per heavy atom. The third-order valence-electron chi connectivity index (χ3n) is 14.8. The van der Waals surface area contributed by atoms with E-state index >= 15 is 0 Å². The highest BCUT2D eigenvalue weighted by Crippen LogP contribution is 2.76. The third-order valence-corrected chi connectivity index (χ3v) is 14.8. The molecule has 10 heteroatoms. The van der Waals surface area contributed by atoms with Crippen LogP contribution in [0.1, 0.15) is 99.8 Å². The normalized spacial score (nSPS) is 52.2. The SMILES string of the molecule is C=C(C)[C@@H](O)CC[C@](C)(O[C@@H]1O[C@H](CO)[C@@H](O)[C@H](O)[C@H]1O)[C@H]1CC[C@]2(C)[C@@H]1[C@H](O)C[C@@H]1[C@@]3(C)C[C@@H](O)[C@H](O)C(C)(C)[C@@H]3CC[C@]12C. The molecule has 0 aromatic rings. The van der Waals surface area contributed by atoms with Gasteiger partial charge in [0.05, 0.1) is 36.6 Å². The minimum Gasteiger partial charge on any atom is -0.394 e. The van der Waals surface area contributed by atoms with Gasteiger partial charge in [-0.1, -0.05) is 46.8 Å². The number of aliphatic hydroxyl groups is 8. The highest BCUT2D eigenvalue weighted by Gasteiger charge is 2.72. The van der Waals surface area contributed by atoms with E-state index < -0.39 is 72.7 Å². The van der Waals surface area contributed by atoms with Gasteiger partial charge in [-0.05, 0) is 111 Å². The van der Waals surface area contributed by atoms with E-state index in [2.05, 4.69) is 41.2 Å². The van der Waals surface area contributed by atoms with Gasteiger partial charge in [0.15, 0.2) is 6.29 Å². The Labute approximate surface area is 274 Å². The van der Waals surface area contributed by atoms with Crippen molar-refractivity contribution in [1.29, 1.82) is 0 Å². The molecule has 46 heavy (non-hydrogen) atoms. The van der Waals surface area contributed by atoms with Crippen molar-refractivity contribution in [2.75, 3.05) is 6.61 Å². The first kappa shape index (κ1) is 36.6. The van der Waals surface area contributed by atoms with E-state index in [9.17, 15) is 40.9 Å². The molecule has 0 spiro atoms. The molecule has 0 unspecified atom stereocenters. The fraction of sp³-hybridized carbons (Fsp3) is 0.944. The number of aliphatic hydroxyl groups excluding tert-OH is 8. The quantitative estimate of drug-likeness (QED) is 0.181. The molecule has 17 atom stereocenters. The predicted molar refractivity (Wildman–Crippen MR) is 171 cm³/mol. The van der Waals surface area contributed by atoms with E-state index in [1.54, 1.807) is 6.92 Å². The first-order valence-corrected chi connectivity index (χ1v) is 17.6. The molecule has 0 bridgehead atoms. The largest absolute Gasteiger partial charge is 0.394 e. The van der Waals surface area contributed by atoms with Crippen molar-refractivity contribution in [2.45, 2.75) is 161 Å². The lowest BCUT2D eigenvalue weighted by Gasteiger charge is -2.71. The van der Waals surface area contributed by atoms with Gasteiger partial charge < -0.3 is 50.3 Å². The van der Waals surface area contributed by atoms with Crippen LogP contribution in [0.3, 0.4) is 0 Å². The number of hydrogen-bond acceptors (Lipinski definition) is 10. The molecule has 0 aromatic carbocycles. The molecule has 266 valence electrons. The molecule has 4 aliphatic carbocycles. The van der Waals surface area contributed by atoms with E-state index in [1.807, 2.05) is 6.92 Å². The highest BCUT2D eigenvalue weighted by molar-refractivity contribution is 5.21. The zero-order valence-electron chi connectivity index (χ0n) is 29.0. The van der Waals surface area contributed by atoms with Gasteiger partial charge in [0.1, 0.15) is 24.4 Å². The number of hydrogen-bond donors (Lipinski definition) is 8. The van der Waals surface area contributed by atoms with E-state index in [4.69, 9.17) is 9.47 Å². The second kappa shape index (κ2) is 12.3. The average Bonchev–Trinajstić information content (AvgIpc) is 3.37. The van der Waals surface area contributed by atoms with E-state index in [0.717, 1.165) is 25.7 Å². The summed E-state index contributed by atoms with van der Waals surface area (Å²) >= 11 is 0. The van der Waals surface area contributed by atoms with Crippen LogP contribution in [0, 0.1) is 45.3 Å². The fourth-order valence-corrected chi connectivity index (χ4v) is 12.0. The lowest BCUT2D eigenvalue weighted by molar-refractivity contribution is -0.336. The van der Waals surface area contributed by atoms with E-state index in [0.29, 0.717) is 31.3 Å². The lowest BCUT2D eigenvalue weighted by Crippen LogP contribution is -2.68. The van der Waals surface area contributed by atoms with Crippen LogP contribution in [0.25, 0.3) is 0 Å². The number of fused-ring (bicyclic) bond motifs is 5.